The minimum absolute atomic E-state index is 0.102. The summed E-state index contributed by atoms with van der Waals surface area (Å²) in [4.78, 5) is 22.6. The summed E-state index contributed by atoms with van der Waals surface area (Å²) in [6.45, 7) is 4.88. The molecule has 3 N–H and O–H groups in total. The minimum atomic E-state index is -0.938. The van der Waals surface area contributed by atoms with Crippen molar-refractivity contribution in [2.75, 3.05) is 6.61 Å². The first-order valence-electron chi connectivity index (χ1n) is 11.6. The van der Waals surface area contributed by atoms with Gasteiger partial charge in [0.2, 0.25) is 0 Å². The Morgan fingerprint density at radius 2 is 1.25 bits per heavy atom. The number of nitrogens with two attached hydrogens (primary N) is 1. The van der Waals surface area contributed by atoms with Crippen molar-refractivity contribution in [1.82, 2.24) is 0 Å². The average molecular weight is 400 g/mol. The third-order valence-corrected chi connectivity index (χ3v) is 5.37. The fraction of sp³-hybridized carbons (Fsp3) is 0.913. The first-order chi connectivity index (χ1) is 13.5. The molecule has 0 radical (unpaired) electrons. The van der Waals surface area contributed by atoms with E-state index < -0.39 is 18.0 Å². The van der Waals surface area contributed by atoms with Crippen LogP contribution < -0.4 is 5.73 Å². The molecule has 0 unspecified atom stereocenters. The zero-order valence-electron chi connectivity index (χ0n) is 18.4. The highest BCUT2D eigenvalue weighted by Crippen LogP contribution is 2.20. The van der Waals surface area contributed by atoms with Crippen molar-refractivity contribution >= 4 is 11.9 Å². The van der Waals surface area contributed by atoms with Gasteiger partial charge >= 0.3 is 11.9 Å². The van der Waals surface area contributed by atoms with Gasteiger partial charge in [0.1, 0.15) is 6.04 Å². The second-order valence-electron chi connectivity index (χ2n) is 8.15. The number of esters is 1. The molecule has 5 heteroatoms. The number of carbonyl (C=O) groups is 2. The van der Waals surface area contributed by atoms with E-state index in [4.69, 9.17) is 15.6 Å². The molecular formula is C23H45NO4. The molecule has 166 valence electrons. The van der Waals surface area contributed by atoms with Crippen molar-refractivity contribution in [3.8, 4) is 0 Å². The van der Waals surface area contributed by atoms with Gasteiger partial charge in [-0.15, -0.1) is 0 Å². The normalized spacial score (nSPS) is 12.3. The molecule has 0 bridgehead atoms. The summed E-state index contributed by atoms with van der Waals surface area (Å²) in [5.41, 5.74) is 5.75. The lowest BCUT2D eigenvalue weighted by Gasteiger charge is -2.18. The average Bonchev–Trinajstić information content (AvgIpc) is 2.68. The van der Waals surface area contributed by atoms with Gasteiger partial charge in [0.25, 0.3) is 0 Å². The lowest BCUT2D eigenvalue weighted by atomic mass is 9.94. The van der Waals surface area contributed by atoms with E-state index in [0.29, 0.717) is 12.5 Å². The fourth-order valence-corrected chi connectivity index (χ4v) is 3.44. The molecular weight excluding hydrogens is 354 g/mol. The first kappa shape index (κ1) is 26.9. The number of carbonyl (C=O) groups excluding carboxylic acids is 1. The Morgan fingerprint density at radius 1 is 0.786 bits per heavy atom. The third-order valence-electron chi connectivity index (χ3n) is 5.37. The van der Waals surface area contributed by atoms with Crippen molar-refractivity contribution in [1.29, 1.82) is 0 Å². The van der Waals surface area contributed by atoms with Crippen LogP contribution in [0, 0.1) is 5.92 Å². The molecule has 0 aromatic carbocycles. The Kier molecular flexibility index (Phi) is 18.5. The van der Waals surface area contributed by atoms with Crippen LogP contribution in [0.3, 0.4) is 0 Å². The van der Waals surface area contributed by atoms with Crippen LogP contribution in [-0.4, -0.2) is 29.7 Å². The summed E-state index contributed by atoms with van der Waals surface area (Å²) in [5.74, 6) is -1.00. The number of unbranched alkanes of at least 4 members (excludes halogenated alkanes) is 10. The van der Waals surface area contributed by atoms with Gasteiger partial charge in [0, 0.05) is 6.42 Å². The number of hydrogen-bond acceptors (Lipinski definition) is 4. The maximum absolute atomic E-state index is 12.0. The van der Waals surface area contributed by atoms with Crippen molar-refractivity contribution in [2.24, 2.45) is 11.7 Å². The van der Waals surface area contributed by atoms with Crippen LogP contribution in [0.4, 0.5) is 0 Å². The zero-order valence-corrected chi connectivity index (χ0v) is 18.4. The van der Waals surface area contributed by atoms with E-state index >= 15 is 0 Å². The highest BCUT2D eigenvalue weighted by Gasteiger charge is 2.18. The predicted molar refractivity (Wildman–Crippen MR) is 115 cm³/mol. The van der Waals surface area contributed by atoms with Crippen LogP contribution in [0.2, 0.25) is 0 Å². The van der Waals surface area contributed by atoms with Crippen molar-refractivity contribution in [3.63, 3.8) is 0 Å². The molecule has 1 atom stereocenters. The van der Waals surface area contributed by atoms with Gasteiger partial charge in [0.05, 0.1) is 6.61 Å². The third kappa shape index (κ3) is 17.0. The quantitative estimate of drug-likeness (QED) is 0.198. The van der Waals surface area contributed by atoms with Gasteiger partial charge < -0.3 is 15.6 Å². The molecule has 0 aromatic heterocycles. The maximum atomic E-state index is 12.0. The summed E-state index contributed by atoms with van der Waals surface area (Å²) in [5, 5.41) is 8.70. The summed E-state index contributed by atoms with van der Waals surface area (Å²) in [6.07, 6.45) is 17.4. The molecule has 0 rings (SSSR count). The minimum Gasteiger partial charge on any atom is -0.481 e. The number of hydrogen-bond donors (Lipinski definition) is 2. The van der Waals surface area contributed by atoms with Crippen molar-refractivity contribution in [2.45, 2.75) is 123 Å². The fourth-order valence-electron chi connectivity index (χ4n) is 3.44. The Hall–Kier alpha value is -1.10. The van der Waals surface area contributed by atoms with Gasteiger partial charge in [0.15, 0.2) is 0 Å². The lowest BCUT2D eigenvalue weighted by molar-refractivity contribution is -0.147. The summed E-state index contributed by atoms with van der Waals surface area (Å²) in [6, 6.07) is -0.833. The molecule has 0 aliphatic heterocycles. The summed E-state index contributed by atoms with van der Waals surface area (Å²) >= 11 is 0. The SMILES string of the molecule is CCCCCCCCC(CCCCCCCC)COC(=O)[C@@H](N)CCC(=O)O. The second kappa shape index (κ2) is 19.2. The molecule has 0 saturated heterocycles. The Labute approximate surface area is 172 Å². The number of rotatable bonds is 20. The van der Waals surface area contributed by atoms with E-state index in [-0.39, 0.29) is 12.8 Å². The summed E-state index contributed by atoms with van der Waals surface area (Å²) < 4.78 is 5.43. The number of aliphatic carboxylic acids is 1. The zero-order chi connectivity index (χ0) is 21.0. The maximum Gasteiger partial charge on any atom is 0.322 e. The molecule has 0 heterocycles. The van der Waals surface area contributed by atoms with E-state index in [0.717, 1.165) is 12.8 Å². The van der Waals surface area contributed by atoms with E-state index in [9.17, 15) is 9.59 Å². The molecule has 0 aliphatic rings. The van der Waals surface area contributed by atoms with Crippen LogP contribution in [0.5, 0.6) is 0 Å². The molecule has 5 nitrogen and oxygen atoms in total. The monoisotopic (exact) mass is 399 g/mol. The topological polar surface area (TPSA) is 89.6 Å². The highest BCUT2D eigenvalue weighted by molar-refractivity contribution is 5.76. The van der Waals surface area contributed by atoms with Crippen molar-refractivity contribution < 1.29 is 19.4 Å². The molecule has 0 spiro atoms. The summed E-state index contributed by atoms with van der Waals surface area (Å²) in [7, 11) is 0. The first-order valence-corrected chi connectivity index (χ1v) is 11.6. The molecule has 0 aliphatic carbocycles. The Bertz CT molecular complexity index is 371. The van der Waals surface area contributed by atoms with Crippen LogP contribution in [0.25, 0.3) is 0 Å². The van der Waals surface area contributed by atoms with Gasteiger partial charge in [-0.05, 0) is 25.2 Å². The number of ether oxygens (including phenoxy) is 1. The van der Waals surface area contributed by atoms with Gasteiger partial charge in [-0.3, -0.25) is 9.59 Å². The number of carboxylic acid groups (broad SMARTS) is 1. The van der Waals surface area contributed by atoms with Crippen LogP contribution in [-0.2, 0) is 14.3 Å². The van der Waals surface area contributed by atoms with Gasteiger partial charge in [-0.25, -0.2) is 0 Å². The second-order valence-corrected chi connectivity index (χ2v) is 8.15. The highest BCUT2D eigenvalue weighted by atomic mass is 16.5. The van der Waals surface area contributed by atoms with Gasteiger partial charge in [-0.1, -0.05) is 90.9 Å². The van der Waals surface area contributed by atoms with E-state index in [1.54, 1.807) is 0 Å². The standard InChI is InChI=1S/C23H45NO4/c1-3-5-7-9-11-13-15-20(16-14-12-10-8-6-4-2)19-28-23(27)21(24)17-18-22(25)26/h20-21H,3-19,24H2,1-2H3,(H,25,26)/t21-/m0/s1. The smallest absolute Gasteiger partial charge is 0.322 e. The van der Waals surface area contributed by atoms with Crippen molar-refractivity contribution in [3.05, 3.63) is 0 Å². The largest absolute Gasteiger partial charge is 0.481 e. The number of carboxylic acids is 1. The van der Waals surface area contributed by atoms with Crippen LogP contribution >= 0.6 is 0 Å². The molecule has 28 heavy (non-hydrogen) atoms. The predicted octanol–water partition coefficient (Wildman–Crippen LogP) is 5.84. The Balaban J connectivity index is 4.18. The van der Waals surface area contributed by atoms with E-state index in [2.05, 4.69) is 13.8 Å². The molecule has 0 fully saturated rings. The van der Waals surface area contributed by atoms with E-state index in [1.807, 2.05) is 0 Å². The van der Waals surface area contributed by atoms with E-state index in [1.165, 1.54) is 77.0 Å². The lowest BCUT2D eigenvalue weighted by Crippen LogP contribution is -2.34. The van der Waals surface area contributed by atoms with Gasteiger partial charge in [-0.2, -0.15) is 0 Å². The molecule has 0 aromatic rings. The molecule has 0 saturated carbocycles. The van der Waals surface area contributed by atoms with Crippen LogP contribution in [0.15, 0.2) is 0 Å². The molecule has 0 amide bonds. The van der Waals surface area contributed by atoms with Crippen LogP contribution in [0.1, 0.15) is 117 Å². The Morgan fingerprint density at radius 3 is 1.71 bits per heavy atom.